The fourth-order valence-corrected chi connectivity index (χ4v) is 2.07. The smallest absolute Gasteiger partial charge is 0.333 e. The third-order valence-electron chi connectivity index (χ3n) is 3.09. The van der Waals surface area contributed by atoms with Gasteiger partial charge in [0.05, 0.1) is 16.6 Å². The lowest BCUT2D eigenvalue weighted by atomic mass is 10.2. The molecule has 3 N–H and O–H groups in total. The molecule has 23 heavy (non-hydrogen) atoms. The molecule has 0 aliphatic heterocycles. The molecule has 0 amide bonds. The lowest BCUT2D eigenvalue weighted by Gasteiger charge is -2.07. The number of benzene rings is 2. The zero-order chi connectivity index (χ0) is 17.1. The highest BCUT2D eigenvalue weighted by Gasteiger charge is 2.12. The van der Waals surface area contributed by atoms with E-state index >= 15 is 0 Å². The number of fused-ring (bicyclic) bond motifs is 1. The van der Waals surface area contributed by atoms with Gasteiger partial charge in [-0.25, -0.2) is 18.1 Å². The van der Waals surface area contributed by atoms with Crippen LogP contribution in [0.1, 0.15) is 13.8 Å². The molecule has 0 spiro atoms. The van der Waals surface area contributed by atoms with E-state index in [0.717, 1.165) is 16.7 Å². The van der Waals surface area contributed by atoms with Crippen molar-refractivity contribution < 1.29 is 8.78 Å². The molecule has 120 valence electrons. The van der Waals surface area contributed by atoms with Crippen molar-refractivity contribution in [2.24, 2.45) is 0 Å². The lowest BCUT2D eigenvalue weighted by molar-refractivity contribution is 0.510. The average Bonchev–Trinajstić information content (AvgIpc) is 2.53. The van der Waals surface area contributed by atoms with Gasteiger partial charge in [0, 0.05) is 11.8 Å². The molecule has 3 aromatic rings. The first kappa shape index (κ1) is 16.4. The van der Waals surface area contributed by atoms with Gasteiger partial charge < -0.3 is 10.7 Å². The van der Waals surface area contributed by atoms with Crippen LogP contribution in [0.4, 0.5) is 14.5 Å². The van der Waals surface area contributed by atoms with Gasteiger partial charge in [-0.15, -0.1) is 0 Å². The maximum Gasteiger partial charge on any atom is 0.333 e. The molecule has 0 radical (unpaired) electrons. The van der Waals surface area contributed by atoms with Gasteiger partial charge in [0.1, 0.15) is 0 Å². The number of hydrogen-bond donors (Lipinski definition) is 2. The Labute approximate surface area is 130 Å². The average molecular weight is 319 g/mol. The van der Waals surface area contributed by atoms with Crippen LogP contribution < -0.4 is 17.0 Å². The number of aromatic nitrogens is 2. The number of hydrogen-bond acceptors (Lipinski definition) is 3. The third-order valence-corrected chi connectivity index (χ3v) is 3.09. The van der Waals surface area contributed by atoms with Crippen molar-refractivity contribution in [2.75, 3.05) is 5.73 Å². The number of nitrogen functional groups attached to an aromatic ring is 1. The van der Waals surface area contributed by atoms with E-state index in [1.54, 1.807) is 0 Å². The SMILES string of the molecule is CC.Nc1ccc(-n2c(=O)[nH]c3cc(F)c(F)cc3c2=O)cc1. The summed E-state index contributed by atoms with van der Waals surface area (Å²) < 4.78 is 27.3. The van der Waals surface area contributed by atoms with E-state index in [2.05, 4.69) is 4.98 Å². The van der Waals surface area contributed by atoms with Gasteiger partial charge >= 0.3 is 5.69 Å². The van der Waals surface area contributed by atoms with E-state index in [1.165, 1.54) is 24.3 Å². The number of anilines is 1. The molecule has 0 saturated heterocycles. The first-order valence-electron chi connectivity index (χ1n) is 6.97. The Balaban J connectivity index is 0.000000924. The van der Waals surface area contributed by atoms with E-state index in [9.17, 15) is 18.4 Å². The zero-order valence-electron chi connectivity index (χ0n) is 12.6. The highest BCUT2D eigenvalue weighted by molar-refractivity contribution is 5.77. The molecule has 0 fully saturated rings. The first-order chi connectivity index (χ1) is 11.0. The minimum Gasteiger partial charge on any atom is -0.399 e. The molecule has 2 aromatic carbocycles. The fourth-order valence-electron chi connectivity index (χ4n) is 2.07. The number of nitrogens with one attached hydrogen (secondary N) is 1. The van der Waals surface area contributed by atoms with E-state index in [1.807, 2.05) is 13.8 Å². The molecule has 0 saturated carbocycles. The minimum atomic E-state index is -1.16. The van der Waals surface area contributed by atoms with E-state index in [0.29, 0.717) is 5.69 Å². The summed E-state index contributed by atoms with van der Waals surface area (Å²) in [7, 11) is 0. The summed E-state index contributed by atoms with van der Waals surface area (Å²) in [5, 5.41) is -0.120. The summed E-state index contributed by atoms with van der Waals surface area (Å²) >= 11 is 0. The normalized spacial score (nSPS) is 10.3. The quantitative estimate of drug-likeness (QED) is 0.676. The highest BCUT2D eigenvalue weighted by Crippen LogP contribution is 2.13. The van der Waals surface area contributed by atoms with Crippen LogP contribution in [-0.4, -0.2) is 9.55 Å². The monoisotopic (exact) mass is 319 g/mol. The van der Waals surface area contributed by atoms with E-state index in [-0.39, 0.29) is 16.6 Å². The van der Waals surface area contributed by atoms with Crippen LogP contribution in [0.25, 0.3) is 16.6 Å². The maximum atomic E-state index is 13.3. The van der Waals surface area contributed by atoms with E-state index in [4.69, 9.17) is 5.73 Å². The van der Waals surface area contributed by atoms with Gasteiger partial charge in [-0.3, -0.25) is 4.79 Å². The van der Waals surface area contributed by atoms with Gasteiger partial charge in [0.25, 0.3) is 5.56 Å². The zero-order valence-corrected chi connectivity index (χ0v) is 12.6. The van der Waals surface area contributed by atoms with Crippen molar-refractivity contribution in [3.63, 3.8) is 0 Å². The molecule has 0 atom stereocenters. The topological polar surface area (TPSA) is 80.9 Å². The number of halogens is 2. The standard InChI is InChI=1S/C14H9F2N3O2.C2H6/c15-10-5-9-12(6-11(10)16)18-14(21)19(13(9)20)8-3-1-7(17)2-4-8;1-2/h1-6H,17H2,(H,18,21);1-2H3. The van der Waals surface area contributed by atoms with Gasteiger partial charge in [-0.1, -0.05) is 13.8 Å². The Morgan fingerprint density at radius 2 is 1.57 bits per heavy atom. The summed E-state index contributed by atoms with van der Waals surface area (Å²) in [6.07, 6.45) is 0. The van der Waals surface area contributed by atoms with Crippen molar-refractivity contribution in [3.8, 4) is 5.69 Å². The predicted molar refractivity (Wildman–Crippen MR) is 85.8 cm³/mol. The number of rotatable bonds is 1. The van der Waals surface area contributed by atoms with Crippen LogP contribution >= 0.6 is 0 Å². The van der Waals surface area contributed by atoms with Crippen molar-refractivity contribution in [2.45, 2.75) is 13.8 Å². The van der Waals surface area contributed by atoms with Crippen LogP contribution in [0, 0.1) is 11.6 Å². The maximum absolute atomic E-state index is 13.3. The number of aromatic amines is 1. The Hall–Kier alpha value is -2.96. The van der Waals surface area contributed by atoms with Crippen LogP contribution in [0.5, 0.6) is 0 Å². The van der Waals surface area contributed by atoms with Gasteiger partial charge in [-0.2, -0.15) is 0 Å². The van der Waals surface area contributed by atoms with Crippen molar-refractivity contribution >= 4 is 16.6 Å². The van der Waals surface area contributed by atoms with Crippen LogP contribution in [0.2, 0.25) is 0 Å². The fraction of sp³-hybridized carbons (Fsp3) is 0.125. The molecule has 1 heterocycles. The molecule has 3 rings (SSSR count). The third kappa shape index (κ3) is 2.98. The Morgan fingerprint density at radius 3 is 2.17 bits per heavy atom. The molecule has 1 aromatic heterocycles. The number of nitrogens with two attached hydrogens (primary N) is 1. The molecular formula is C16H15F2N3O2. The molecule has 7 heteroatoms. The van der Waals surface area contributed by atoms with E-state index < -0.39 is 22.9 Å². The summed E-state index contributed by atoms with van der Waals surface area (Å²) in [4.78, 5) is 26.7. The van der Waals surface area contributed by atoms with Crippen LogP contribution in [0.3, 0.4) is 0 Å². The Kier molecular flexibility index (Phi) is 4.59. The molecule has 0 unspecified atom stereocenters. The second kappa shape index (κ2) is 6.43. The first-order valence-corrected chi connectivity index (χ1v) is 6.97. The molecule has 0 bridgehead atoms. The summed E-state index contributed by atoms with van der Waals surface area (Å²) in [5.41, 5.74) is 4.75. The van der Waals surface area contributed by atoms with Crippen molar-refractivity contribution in [1.29, 1.82) is 0 Å². The predicted octanol–water partition coefficient (Wildman–Crippen LogP) is 2.57. The van der Waals surface area contributed by atoms with Crippen molar-refractivity contribution in [3.05, 3.63) is 68.9 Å². The van der Waals surface area contributed by atoms with Gasteiger partial charge in [0.15, 0.2) is 11.6 Å². The Morgan fingerprint density at radius 1 is 1.00 bits per heavy atom. The Bertz CT molecular complexity index is 960. The largest absolute Gasteiger partial charge is 0.399 e. The second-order valence-electron chi connectivity index (χ2n) is 4.47. The van der Waals surface area contributed by atoms with Crippen LogP contribution in [0.15, 0.2) is 46.0 Å². The lowest BCUT2D eigenvalue weighted by Crippen LogP contribution is -2.33. The van der Waals surface area contributed by atoms with Crippen LogP contribution in [-0.2, 0) is 0 Å². The molecular weight excluding hydrogens is 304 g/mol. The summed E-state index contributed by atoms with van der Waals surface area (Å²) in [6.45, 7) is 4.00. The number of H-pyrrole nitrogens is 1. The van der Waals surface area contributed by atoms with Gasteiger partial charge in [-0.05, 0) is 30.3 Å². The highest BCUT2D eigenvalue weighted by atomic mass is 19.2. The molecule has 5 nitrogen and oxygen atoms in total. The number of nitrogens with zero attached hydrogens (tertiary/aromatic N) is 1. The molecule has 0 aliphatic rings. The second-order valence-corrected chi connectivity index (χ2v) is 4.47. The summed E-state index contributed by atoms with van der Waals surface area (Å²) in [6, 6.07) is 7.56. The molecule has 0 aliphatic carbocycles. The van der Waals surface area contributed by atoms with Crippen molar-refractivity contribution in [1.82, 2.24) is 9.55 Å². The van der Waals surface area contributed by atoms with Gasteiger partial charge in [0.2, 0.25) is 0 Å². The summed E-state index contributed by atoms with van der Waals surface area (Å²) in [5.74, 6) is -2.29. The minimum absolute atomic E-state index is 0.0596.